The van der Waals surface area contributed by atoms with Crippen LogP contribution in [0.1, 0.15) is 79.1 Å². The number of nitrogens with zero attached hydrogens (tertiary/aromatic N) is 1. The second kappa shape index (κ2) is 18.9. The Morgan fingerprint density at radius 3 is 2.36 bits per heavy atom. The summed E-state index contributed by atoms with van der Waals surface area (Å²) in [6.45, 7) is 7.08. The summed E-state index contributed by atoms with van der Waals surface area (Å²) in [5.41, 5.74) is 1.32. The van der Waals surface area contributed by atoms with Crippen molar-refractivity contribution in [1.82, 2.24) is 20.9 Å². The van der Waals surface area contributed by atoms with E-state index in [1.165, 1.54) is 6.42 Å². The van der Waals surface area contributed by atoms with E-state index in [-0.39, 0.29) is 25.0 Å². The lowest BCUT2D eigenvalue weighted by molar-refractivity contribution is -0.146. The predicted octanol–water partition coefficient (Wildman–Crippen LogP) is 5.74. The van der Waals surface area contributed by atoms with E-state index in [1.807, 2.05) is 43.3 Å². The van der Waals surface area contributed by atoms with Crippen LogP contribution in [-0.4, -0.2) is 78.2 Å². The average Bonchev–Trinajstić information content (AvgIpc) is 3.62. The average molecular weight is 771 g/mol. The topological polar surface area (TPSA) is 182 Å². The van der Waals surface area contributed by atoms with Crippen LogP contribution in [0, 0.1) is 17.3 Å². The molecule has 3 amide bonds. The normalized spacial score (nSPS) is 18.3. The second-order valence-corrected chi connectivity index (χ2v) is 15.7. The minimum absolute atomic E-state index is 0.0207. The van der Waals surface area contributed by atoms with Gasteiger partial charge in [0.25, 0.3) is 0 Å². The molecule has 300 valence electrons. The van der Waals surface area contributed by atoms with Crippen LogP contribution in [0.3, 0.4) is 0 Å². The molecule has 1 fully saturated rings. The number of ether oxygens (including phenoxy) is 3. The van der Waals surface area contributed by atoms with Crippen LogP contribution < -0.4 is 25.4 Å². The molecule has 1 heterocycles. The zero-order chi connectivity index (χ0) is 40.4. The number of carbonyl (C=O) groups is 5. The predicted molar refractivity (Wildman–Crippen MR) is 211 cm³/mol. The van der Waals surface area contributed by atoms with Crippen molar-refractivity contribution in [3.05, 3.63) is 66.2 Å². The Hall–Kier alpha value is -5.46. The molecular weight excluding hydrogens is 716 g/mol. The van der Waals surface area contributed by atoms with Crippen molar-refractivity contribution in [1.29, 1.82) is 0 Å². The molecule has 4 N–H and O–H groups in total. The van der Waals surface area contributed by atoms with Crippen LogP contribution in [0.25, 0.3) is 22.2 Å². The molecule has 0 bridgehead atoms. The van der Waals surface area contributed by atoms with Gasteiger partial charge in [-0.2, -0.15) is 0 Å². The third-order valence-electron chi connectivity index (χ3n) is 10.3. The minimum atomic E-state index is -1.19. The molecule has 13 nitrogen and oxygen atoms in total. The number of carboxylic acid groups (broad SMARTS) is 1. The Morgan fingerprint density at radius 2 is 1.70 bits per heavy atom. The molecule has 56 heavy (non-hydrogen) atoms. The number of hydrogen-bond acceptors (Lipinski definition) is 9. The van der Waals surface area contributed by atoms with Crippen LogP contribution in [0.2, 0.25) is 0 Å². The van der Waals surface area contributed by atoms with E-state index in [1.54, 1.807) is 52.2 Å². The summed E-state index contributed by atoms with van der Waals surface area (Å²) in [5.74, 6) is -3.39. The molecule has 0 radical (unpaired) electrons. The van der Waals surface area contributed by atoms with E-state index in [4.69, 9.17) is 19.2 Å². The molecule has 0 unspecified atom stereocenters. The Morgan fingerprint density at radius 1 is 0.964 bits per heavy atom. The number of pyridine rings is 1. The van der Waals surface area contributed by atoms with Gasteiger partial charge in [-0.25, -0.2) is 9.78 Å². The number of benzene rings is 2. The van der Waals surface area contributed by atoms with E-state index in [0.29, 0.717) is 47.0 Å². The van der Waals surface area contributed by atoms with Gasteiger partial charge in [-0.1, -0.05) is 83.7 Å². The molecule has 2 aliphatic carbocycles. The van der Waals surface area contributed by atoms with Gasteiger partial charge in [0.1, 0.15) is 36.2 Å². The van der Waals surface area contributed by atoms with E-state index in [2.05, 4.69) is 16.0 Å². The quantitative estimate of drug-likeness (QED) is 0.131. The van der Waals surface area contributed by atoms with Gasteiger partial charge in [0.05, 0.1) is 30.8 Å². The van der Waals surface area contributed by atoms with Crippen LogP contribution >= 0.6 is 0 Å². The van der Waals surface area contributed by atoms with Crippen molar-refractivity contribution in [2.45, 2.75) is 97.2 Å². The zero-order valence-corrected chi connectivity index (χ0v) is 32.9. The molecule has 13 heteroatoms. The van der Waals surface area contributed by atoms with Gasteiger partial charge in [-0.3, -0.25) is 19.2 Å². The molecule has 5 rings (SSSR count). The smallest absolute Gasteiger partial charge is 0.326 e. The van der Waals surface area contributed by atoms with E-state index in [0.717, 1.165) is 31.2 Å². The summed E-state index contributed by atoms with van der Waals surface area (Å²) in [7, 11) is 1.57. The number of fused-ring (bicyclic) bond motifs is 1. The number of carboxylic acids is 1. The van der Waals surface area contributed by atoms with Crippen molar-refractivity contribution >= 4 is 40.6 Å². The molecular formula is C43H54N4O9. The van der Waals surface area contributed by atoms with E-state index < -0.39 is 59.2 Å². The molecule has 1 aromatic heterocycles. The minimum Gasteiger partial charge on any atom is -0.497 e. The lowest BCUT2D eigenvalue weighted by atomic mass is 9.85. The maximum absolute atomic E-state index is 14.2. The fourth-order valence-electron chi connectivity index (χ4n) is 7.21. The van der Waals surface area contributed by atoms with Gasteiger partial charge in [0.15, 0.2) is 0 Å². The first-order valence-electron chi connectivity index (χ1n) is 19.5. The monoisotopic (exact) mass is 770 g/mol. The summed E-state index contributed by atoms with van der Waals surface area (Å²) in [6, 6.07) is 14.5. The van der Waals surface area contributed by atoms with Crippen LogP contribution in [0.5, 0.6) is 11.5 Å². The lowest BCUT2D eigenvalue weighted by Crippen LogP contribution is -2.55. The van der Waals surface area contributed by atoms with Gasteiger partial charge in [0.2, 0.25) is 17.7 Å². The van der Waals surface area contributed by atoms with Crippen molar-refractivity contribution in [3.63, 3.8) is 0 Å². The number of amides is 3. The summed E-state index contributed by atoms with van der Waals surface area (Å²) in [5, 5.41) is 18.5. The highest BCUT2D eigenvalue weighted by molar-refractivity contribution is 6.03. The first-order valence-corrected chi connectivity index (χ1v) is 19.5. The van der Waals surface area contributed by atoms with Crippen molar-refractivity contribution in [2.24, 2.45) is 17.3 Å². The van der Waals surface area contributed by atoms with Crippen LogP contribution in [-0.2, 0) is 28.7 Å². The zero-order valence-electron chi connectivity index (χ0n) is 32.9. The van der Waals surface area contributed by atoms with E-state index >= 15 is 0 Å². The second-order valence-electron chi connectivity index (χ2n) is 15.7. The number of esters is 1. The summed E-state index contributed by atoms with van der Waals surface area (Å²) in [4.78, 5) is 71.0. The van der Waals surface area contributed by atoms with Crippen molar-refractivity contribution < 1.29 is 43.3 Å². The maximum Gasteiger partial charge on any atom is 0.326 e. The highest BCUT2D eigenvalue weighted by atomic mass is 16.5. The fraction of sp³-hybridized carbons (Fsp3) is 0.488. The SMILES string of the molecule is CCC[C@H](NC(=O)[C@H]1C[C@H](Oc2cc(-c3ccccc3)nc3cc(OC)ccc23)C=C1C(=O)N[C@@H](C(=O)NCC(=O)OCC1CCCCC1)C(C)(C)C)C(=O)O. The Balaban J connectivity index is 1.40. The maximum atomic E-state index is 14.2. The number of aromatic nitrogens is 1. The lowest BCUT2D eigenvalue weighted by Gasteiger charge is -2.31. The molecule has 0 aliphatic heterocycles. The Bertz CT molecular complexity index is 1920. The number of aliphatic carboxylic acids is 1. The van der Waals surface area contributed by atoms with E-state index in [9.17, 15) is 29.1 Å². The van der Waals surface area contributed by atoms with Gasteiger partial charge in [-0.15, -0.1) is 0 Å². The molecule has 0 spiro atoms. The molecule has 1 saturated carbocycles. The van der Waals surface area contributed by atoms with Crippen LogP contribution in [0.4, 0.5) is 0 Å². The Kier molecular flexibility index (Phi) is 14.1. The molecule has 3 aromatic rings. The number of hydrogen-bond donors (Lipinski definition) is 4. The van der Waals surface area contributed by atoms with Gasteiger partial charge < -0.3 is 35.3 Å². The third-order valence-corrected chi connectivity index (χ3v) is 10.3. The first-order chi connectivity index (χ1) is 26.8. The standard InChI is InChI=1S/C43H54N4O9/c1-6-13-33(42(52)53)46-39(49)31-20-29(56-36-23-34(27-16-11-8-12-17-27)45-35-22-28(54-5)18-19-30(35)36)21-32(31)40(50)47-38(43(2,3)4)41(51)44-24-37(48)55-25-26-14-9-7-10-15-26/h8,11-12,16-19,21-23,26,29,31,33,38H,6-7,9-10,13-15,20,24-25H2,1-5H3,(H,44,51)(H,46,49)(H,47,50)(H,52,53)/t29-,31-,33-,38-/m0/s1. The third kappa shape index (κ3) is 10.9. The largest absolute Gasteiger partial charge is 0.497 e. The highest BCUT2D eigenvalue weighted by Crippen LogP contribution is 2.36. The summed E-state index contributed by atoms with van der Waals surface area (Å²) < 4.78 is 17.5. The molecule has 0 saturated heterocycles. The van der Waals surface area contributed by atoms with Gasteiger partial charge in [0, 0.05) is 35.1 Å². The molecule has 2 aliphatic rings. The summed E-state index contributed by atoms with van der Waals surface area (Å²) >= 11 is 0. The van der Waals surface area contributed by atoms with Crippen LogP contribution in [0.15, 0.2) is 66.2 Å². The highest BCUT2D eigenvalue weighted by Gasteiger charge is 2.41. The number of carbonyl (C=O) groups excluding carboxylic acids is 4. The van der Waals surface area contributed by atoms with Gasteiger partial charge >= 0.3 is 11.9 Å². The number of rotatable bonds is 16. The van der Waals surface area contributed by atoms with Crippen molar-refractivity contribution in [2.75, 3.05) is 20.3 Å². The molecule has 4 atom stereocenters. The van der Waals surface area contributed by atoms with Gasteiger partial charge in [-0.05, 0) is 48.8 Å². The Labute approximate surface area is 327 Å². The number of methoxy groups -OCH3 is 1. The molecule has 2 aromatic carbocycles. The fourth-order valence-corrected chi connectivity index (χ4v) is 7.21. The summed E-state index contributed by atoms with van der Waals surface area (Å²) in [6.07, 6.45) is 6.92. The first kappa shape index (κ1) is 41.7. The van der Waals surface area contributed by atoms with Crippen molar-refractivity contribution in [3.8, 4) is 22.8 Å². The number of nitrogens with one attached hydrogen (secondary N) is 3.